The molecule has 1 saturated heterocycles. The highest BCUT2D eigenvalue weighted by Crippen LogP contribution is 2.15. The first kappa shape index (κ1) is 25.2. The summed E-state index contributed by atoms with van der Waals surface area (Å²) in [7, 11) is 0. The summed E-state index contributed by atoms with van der Waals surface area (Å²) >= 11 is 0. The monoisotopic (exact) mass is 467 g/mol. The fourth-order valence-electron chi connectivity index (χ4n) is 3.67. The van der Waals surface area contributed by atoms with Gasteiger partial charge in [-0.3, -0.25) is 14.4 Å². The number of Topliss-reactive ketones (excluding diaryl/α,β-unsaturated/α-hetero) is 1. The molecule has 1 aliphatic rings. The van der Waals surface area contributed by atoms with Crippen molar-refractivity contribution in [3.63, 3.8) is 0 Å². The Morgan fingerprint density at radius 1 is 0.941 bits per heavy atom. The fraction of sp³-hybridized carbons (Fsp3) is 0.462. The van der Waals surface area contributed by atoms with Gasteiger partial charge in [-0.25, -0.2) is 4.98 Å². The van der Waals surface area contributed by atoms with Crippen LogP contribution in [0.15, 0.2) is 48.7 Å². The molecule has 0 atom stereocenters. The van der Waals surface area contributed by atoms with E-state index in [1.807, 2.05) is 18.2 Å². The first-order chi connectivity index (χ1) is 16.6. The van der Waals surface area contributed by atoms with Crippen molar-refractivity contribution in [2.45, 2.75) is 39.0 Å². The molecule has 8 heteroatoms. The summed E-state index contributed by atoms with van der Waals surface area (Å²) in [5, 5.41) is 0. The molecule has 0 saturated carbocycles. The van der Waals surface area contributed by atoms with Crippen molar-refractivity contribution in [3.05, 3.63) is 54.2 Å². The number of amides is 1. The van der Waals surface area contributed by atoms with Crippen molar-refractivity contribution in [2.75, 3.05) is 44.3 Å². The normalized spacial score (nSPS) is 13.4. The van der Waals surface area contributed by atoms with Gasteiger partial charge in [-0.05, 0) is 42.8 Å². The maximum absolute atomic E-state index is 12.4. The number of esters is 1. The highest BCUT2D eigenvalue weighted by molar-refractivity contribution is 5.97. The maximum atomic E-state index is 12.4. The summed E-state index contributed by atoms with van der Waals surface area (Å²) < 4.78 is 10.8. The molecule has 0 aliphatic carbocycles. The van der Waals surface area contributed by atoms with E-state index in [0.29, 0.717) is 38.3 Å². The molecular formula is C26H33N3O5. The van der Waals surface area contributed by atoms with Gasteiger partial charge in [0.05, 0.1) is 13.0 Å². The summed E-state index contributed by atoms with van der Waals surface area (Å²) in [4.78, 5) is 44.9. The lowest BCUT2D eigenvalue weighted by atomic mass is 10.1. The molecule has 3 rings (SSSR count). The predicted octanol–water partition coefficient (Wildman–Crippen LogP) is 3.51. The highest BCUT2D eigenvalue weighted by Gasteiger charge is 2.22. The maximum Gasteiger partial charge on any atom is 0.306 e. The number of unbranched alkanes of at least 4 members (excludes halogenated alkanes) is 2. The molecule has 2 heterocycles. The smallest absolute Gasteiger partial charge is 0.306 e. The van der Waals surface area contributed by atoms with E-state index in [4.69, 9.17) is 9.47 Å². The van der Waals surface area contributed by atoms with E-state index < -0.39 is 5.97 Å². The standard InChI is InChI=1S/C26H33N3O5/c1-2-3-6-19-33-22-10-8-21(9-11-22)23(30)12-13-26(32)34-20-25(31)29-17-15-28(16-18-29)24-7-4-5-14-27-24/h4-5,7-11,14H,2-3,6,12-13,15-20H2,1H3. The van der Waals surface area contributed by atoms with Crippen LogP contribution < -0.4 is 9.64 Å². The van der Waals surface area contributed by atoms with Gasteiger partial charge in [0, 0.05) is 44.4 Å². The van der Waals surface area contributed by atoms with Gasteiger partial charge in [-0.15, -0.1) is 0 Å². The number of ketones is 1. The van der Waals surface area contributed by atoms with Crippen molar-refractivity contribution >= 4 is 23.5 Å². The molecule has 1 fully saturated rings. The van der Waals surface area contributed by atoms with Crippen molar-refractivity contribution in [2.24, 2.45) is 0 Å². The number of benzene rings is 1. The predicted molar refractivity (Wildman–Crippen MR) is 129 cm³/mol. The SMILES string of the molecule is CCCCCOc1ccc(C(=O)CCC(=O)OCC(=O)N2CCN(c3ccccn3)CC2)cc1. The van der Waals surface area contributed by atoms with Crippen molar-refractivity contribution in [1.29, 1.82) is 0 Å². The number of rotatable bonds is 12. The second-order valence-corrected chi connectivity index (χ2v) is 8.22. The number of hydrogen-bond acceptors (Lipinski definition) is 7. The average Bonchev–Trinajstić information content (AvgIpc) is 2.89. The van der Waals surface area contributed by atoms with Crippen molar-refractivity contribution < 1.29 is 23.9 Å². The zero-order valence-electron chi connectivity index (χ0n) is 19.8. The molecule has 0 spiro atoms. The number of anilines is 1. The number of ether oxygens (including phenoxy) is 2. The van der Waals surface area contributed by atoms with Crippen LogP contribution in [0.1, 0.15) is 49.4 Å². The minimum Gasteiger partial charge on any atom is -0.494 e. The number of carbonyl (C=O) groups is 3. The molecule has 0 unspecified atom stereocenters. The first-order valence-electron chi connectivity index (χ1n) is 11.9. The molecule has 8 nitrogen and oxygen atoms in total. The Labute approximate surface area is 200 Å². The van der Waals surface area contributed by atoms with E-state index in [1.165, 1.54) is 0 Å². The molecule has 1 aromatic carbocycles. The Bertz CT molecular complexity index is 925. The number of piperazine rings is 1. The van der Waals surface area contributed by atoms with Gasteiger partial charge in [-0.1, -0.05) is 25.8 Å². The minimum atomic E-state index is -0.551. The molecule has 0 N–H and O–H groups in total. The van der Waals surface area contributed by atoms with Crippen LogP contribution in [0.5, 0.6) is 5.75 Å². The molecule has 182 valence electrons. The van der Waals surface area contributed by atoms with E-state index in [1.54, 1.807) is 35.4 Å². The van der Waals surface area contributed by atoms with Gasteiger partial charge in [0.25, 0.3) is 5.91 Å². The van der Waals surface area contributed by atoms with E-state index in [9.17, 15) is 14.4 Å². The van der Waals surface area contributed by atoms with E-state index in [-0.39, 0.29) is 31.1 Å². The number of aromatic nitrogens is 1. The van der Waals surface area contributed by atoms with Crippen LogP contribution in [0.4, 0.5) is 5.82 Å². The third kappa shape index (κ3) is 7.86. The zero-order chi connectivity index (χ0) is 24.2. The summed E-state index contributed by atoms with van der Waals surface area (Å²) in [6.07, 6.45) is 4.98. The van der Waals surface area contributed by atoms with E-state index in [2.05, 4.69) is 16.8 Å². The third-order valence-corrected chi connectivity index (χ3v) is 5.71. The molecule has 1 aromatic heterocycles. The average molecular weight is 468 g/mol. The third-order valence-electron chi connectivity index (χ3n) is 5.71. The Morgan fingerprint density at radius 2 is 1.71 bits per heavy atom. The second-order valence-electron chi connectivity index (χ2n) is 8.22. The summed E-state index contributed by atoms with van der Waals surface area (Å²) in [6.45, 7) is 4.93. The molecule has 2 aromatic rings. The van der Waals surface area contributed by atoms with Crippen LogP contribution >= 0.6 is 0 Å². The van der Waals surface area contributed by atoms with Gasteiger partial charge in [0.1, 0.15) is 11.6 Å². The Kier molecular flexibility index (Phi) is 9.88. The molecule has 0 bridgehead atoms. The largest absolute Gasteiger partial charge is 0.494 e. The number of carbonyl (C=O) groups excluding carboxylic acids is 3. The molecule has 0 radical (unpaired) electrons. The summed E-state index contributed by atoms with van der Waals surface area (Å²) in [6, 6.07) is 12.7. The Hall–Kier alpha value is -3.42. The van der Waals surface area contributed by atoms with Gasteiger partial charge >= 0.3 is 5.97 Å². The van der Waals surface area contributed by atoms with Crippen LogP contribution in [0.3, 0.4) is 0 Å². The first-order valence-corrected chi connectivity index (χ1v) is 11.9. The minimum absolute atomic E-state index is 0.0342. The molecule has 1 aliphatic heterocycles. The van der Waals surface area contributed by atoms with Crippen molar-refractivity contribution in [3.8, 4) is 5.75 Å². The van der Waals surface area contributed by atoms with Crippen LogP contribution in [0.25, 0.3) is 0 Å². The Morgan fingerprint density at radius 3 is 2.38 bits per heavy atom. The topological polar surface area (TPSA) is 89.0 Å². The number of pyridine rings is 1. The zero-order valence-corrected chi connectivity index (χ0v) is 19.8. The van der Waals surface area contributed by atoms with Gasteiger partial charge in [-0.2, -0.15) is 0 Å². The summed E-state index contributed by atoms with van der Waals surface area (Å²) in [5.41, 5.74) is 0.524. The molecular weight excluding hydrogens is 434 g/mol. The van der Waals surface area contributed by atoms with E-state index in [0.717, 1.165) is 30.8 Å². The highest BCUT2D eigenvalue weighted by atomic mass is 16.5. The van der Waals surface area contributed by atoms with Crippen LogP contribution in [0, 0.1) is 0 Å². The van der Waals surface area contributed by atoms with E-state index >= 15 is 0 Å². The molecule has 1 amide bonds. The van der Waals surface area contributed by atoms with Crippen LogP contribution in [-0.2, 0) is 14.3 Å². The number of hydrogen-bond donors (Lipinski definition) is 0. The summed E-state index contributed by atoms with van der Waals surface area (Å²) in [5.74, 6) is 0.692. The lowest BCUT2D eigenvalue weighted by Gasteiger charge is -2.35. The lowest BCUT2D eigenvalue weighted by molar-refractivity contribution is -0.152. The van der Waals surface area contributed by atoms with Gasteiger partial charge < -0.3 is 19.3 Å². The number of nitrogens with zero attached hydrogens (tertiary/aromatic N) is 3. The Balaban J connectivity index is 1.32. The second kappa shape index (κ2) is 13.3. The quantitative estimate of drug-likeness (QED) is 0.268. The molecule has 34 heavy (non-hydrogen) atoms. The lowest BCUT2D eigenvalue weighted by Crippen LogP contribution is -2.50. The fourth-order valence-corrected chi connectivity index (χ4v) is 3.67. The van der Waals surface area contributed by atoms with Crippen molar-refractivity contribution in [1.82, 2.24) is 9.88 Å². The van der Waals surface area contributed by atoms with Gasteiger partial charge in [0.15, 0.2) is 12.4 Å². The van der Waals surface area contributed by atoms with Crippen LogP contribution in [0.2, 0.25) is 0 Å². The van der Waals surface area contributed by atoms with Crippen LogP contribution in [-0.4, -0.2) is 66.9 Å². The van der Waals surface area contributed by atoms with Gasteiger partial charge in [0.2, 0.25) is 0 Å².